The van der Waals surface area contributed by atoms with Gasteiger partial charge in [0.25, 0.3) is 0 Å². The summed E-state index contributed by atoms with van der Waals surface area (Å²) in [6, 6.07) is -0.515. The fourth-order valence-electron chi connectivity index (χ4n) is 2.59. The van der Waals surface area contributed by atoms with Crippen LogP contribution in [0.1, 0.15) is 0 Å². The van der Waals surface area contributed by atoms with Gasteiger partial charge in [0, 0.05) is 0 Å². The molecule has 0 amide bonds. The fourth-order valence-corrected chi connectivity index (χ4v) is 2.93. The molecule has 0 aliphatic carbocycles. The van der Waals surface area contributed by atoms with Gasteiger partial charge in [-0.15, -0.1) is 0 Å². The van der Waals surface area contributed by atoms with Crippen molar-refractivity contribution in [3.05, 3.63) is 0 Å². The highest BCUT2D eigenvalue weighted by Gasteiger charge is 2.50. The van der Waals surface area contributed by atoms with E-state index in [1.54, 1.807) is 0 Å². The lowest BCUT2D eigenvalue weighted by molar-refractivity contribution is -0.0771. The summed E-state index contributed by atoms with van der Waals surface area (Å²) in [4.78, 5) is 31.0. The molecule has 1 saturated heterocycles. The topological polar surface area (TPSA) is 183 Å². The Kier molecular flexibility index (Phi) is 4.23. The normalized spacial score (nSPS) is 39.7. The zero-order valence-corrected chi connectivity index (χ0v) is 12.5. The van der Waals surface area contributed by atoms with Crippen molar-refractivity contribution in [1.29, 1.82) is 0 Å². The highest BCUT2D eigenvalue weighted by atomic mass is 31.2. The highest BCUT2D eigenvalue weighted by molar-refractivity contribution is 7.46. The number of hydrogen-bond donors (Lipinski definition) is 5. The second-order valence-electron chi connectivity index (χ2n) is 5.22. The molecule has 0 bridgehead atoms. The number of amidine groups is 1. The van der Waals surface area contributed by atoms with Gasteiger partial charge >= 0.3 is 7.82 Å². The van der Waals surface area contributed by atoms with E-state index in [1.165, 1.54) is 17.6 Å². The van der Waals surface area contributed by atoms with Crippen LogP contribution in [0, 0.1) is 0 Å². The smallest absolute Gasteiger partial charge is 0.387 e. The summed E-state index contributed by atoms with van der Waals surface area (Å²) < 4.78 is 20.5. The summed E-state index contributed by atoms with van der Waals surface area (Å²) in [5, 5.41) is 20.1. The SMILES string of the molecule is NC1=NC=NC2C1N=CN2[C@@H]1O[C@H](COP(=O)(O)O)[C@H](O)[C@H]1O. The lowest BCUT2D eigenvalue weighted by Gasteiger charge is -2.31. The number of phosphoric acid groups is 1. The molecule has 6 atom stereocenters. The van der Waals surface area contributed by atoms with Gasteiger partial charge < -0.3 is 35.4 Å². The predicted octanol–water partition coefficient (Wildman–Crippen LogP) is -3.02. The number of nitrogens with zero attached hydrogens (tertiary/aromatic N) is 4. The first kappa shape index (κ1) is 16.5. The van der Waals surface area contributed by atoms with E-state index < -0.39 is 51.2 Å². The molecule has 0 aromatic heterocycles. The van der Waals surface area contributed by atoms with Crippen molar-refractivity contribution in [2.75, 3.05) is 6.61 Å². The van der Waals surface area contributed by atoms with Gasteiger partial charge in [-0.3, -0.25) is 9.52 Å². The Morgan fingerprint density at radius 3 is 2.78 bits per heavy atom. The van der Waals surface area contributed by atoms with Crippen molar-refractivity contribution >= 4 is 26.3 Å². The molecule has 0 spiro atoms. The van der Waals surface area contributed by atoms with Crippen LogP contribution in [-0.4, -0.2) is 86.8 Å². The summed E-state index contributed by atoms with van der Waals surface area (Å²) >= 11 is 0. The Bertz CT molecular complexity index is 606. The summed E-state index contributed by atoms with van der Waals surface area (Å²) in [6.07, 6.45) is -2.79. The molecule has 0 saturated carbocycles. The van der Waals surface area contributed by atoms with Crippen LogP contribution in [0.4, 0.5) is 0 Å². The second kappa shape index (κ2) is 5.91. The molecule has 0 radical (unpaired) electrons. The average Bonchev–Trinajstić information content (AvgIpc) is 3.01. The number of hydrogen-bond acceptors (Lipinski definition) is 10. The highest BCUT2D eigenvalue weighted by Crippen LogP contribution is 2.37. The summed E-state index contributed by atoms with van der Waals surface area (Å²) in [7, 11) is -4.71. The number of ether oxygens (including phenoxy) is 1. The lowest BCUT2D eigenvalue weighted by Crippen LogP contribution is -2.51. The van der Waals surface area contributed by atoms with Gasteiger partial charge in [-0.05, 0) is 0 Å². The van der Waals surface area contributed by atoms with Gasteiger partial charge in [-0.1, -0.05) is 0 Å². The molecular formula is C10H16N5O7P. The van der Waals surface area contributed by atoms with Gasteiger partial charge in [0.05, 0.1) is 12.9 Å². The first-order chi connectivity index (χ1) is 10.8. The average molecular weight is 349 g/mol. The van der Waals surface area contributed by atoms with Crippen LogP contribution in [0.15, 0.2) is 15.0 Å². The van der Waals surface area contributed by atoms with E-state index in [0.29, 0.717) is 0 Å². The minimum atomic E-state index is -4.71. The van der Waals surface area contributed by atoms with E-state index >= 15 is 0 Å². The minimum Gasteiger partial charge on any atom is -0.387 e. The molecule has 3 aliphatic heterocycles. The van der Waals surface area contributed by atoms with Gasteiger partial charge in [0.1, 0.15) is 36.5 Å². The maximum Gasteiger partial charge on any atom is 0.469 e. The first-order valence-corrected chi connectivity index (χ1v) is 8.18. The molecule has 128 valence electrons. The van der Waals surface area contributed by atoms with Crippen LogP contribution < -0.4 is 5.73 Å². The number of nitrogens with two attached hydrogens (primary N) is 1. The molecule has 23 heavy (non-hydrogen) atoms. The van der Waals surface area contributed by atoms with Crippen molar-refractivity contribution in [2.45, 2.75) is 36.7 Å². The van der Waals surface area contributed by atoms with Crippen molar-refractivity contribution in [1.82, 2.24) is 4.90 Å². The van der Waals surface area contributed by atoms with Crippen LogP contribution in [0.5, 0.6) is 0 Å². The van der Waals surface area contributed by atoms with E-state index in [1.807, 2.05) is 0 Å². The third kappa shape index (κ3) is 3.15. The molecule has 2 unspecified atom stereocenters. The van der Waals surface area contributed by atoms with Crippen molar-refractivity contribution in [3.63, 3.8) is 0 Å². The molecule has 3 heterocycles. The Morgan fingerprint density at radius 1 is 1.35 bits per heavy atom. The molecule has 6 N–H and O–H groups in total. The molecule has 0 aromatic rings. The molecule has 3 rings (SSSR count). The van der Waals surface area contributed by atoms with E-state index in [0.717, 1.165) is 0 Å². The van der Waals surface area contributed by atoms with Gasteiger partial charge in [0.2, 0.25) is 0 Å². The zero-order valence-electron chi connectivity index (χ0n) is 11.7. The zero-order chi connectivity index (χ0) is 16.8. The van der Waals surface area contributed by atoms with Crippen molar-refractivity contribution in [2.24, 2.45) is 20.7 Å². The van der Waals surface area contributed by atoms with Crippen LogP contribution in [-0.2, 0) is 13.8 Å². The molecule has 13 heteroatoms. The van der Waals surface area contributed by atoms with Crippen molar-refractivity contribution < 1.29 is 33.8 Å². The number of aliphatic hydroxyl groups is 2. The fraction of sp³-hybridized carbons (Fsp3) is 0.700. The van der Waals surface area contributed by atoms with Crippen LogP contribution in [0.25, 0.3) is 0 Å². The van der Waals surface area contributed by atoms with Crippen molar-refractivity contribution in [3.8, 4) is 0 Å². The first-order valence-electron chi connectivity index (χ1n) is 6.65. The van der Waals surface area contributed by atoms with Gasteiger partial charge in [-0.25, -0.2) is 14.5 Å². The molecule has 3 aliphatic rings. The molecule has 1 fully saturated rings. The summed E-state index contributed by atoms with van der Waals surface area (Å²) in [5.41, 5.74) is 5.72. The van der Waals surface area contributed by atoms with Crippen LogP contribution in [0.3, 0.4) is 0 Å². The summed E-state index contributed by atoms with van der Waals surface area (Å²) in [6.45, 7) is -0.578. The number of rotatable bonds is 4. The third-order valence-electron chi connectivity index (χ3n) is 3.72. The Morgan fingerprint density at radius 2 is 2.09 bits per heavy atom. The molecule has 12 nitrogen and oxygen atoms in total. The Labute approximate surface area is 130 Å². The monoisotopic (exact) mass is 349 g/mol. The van der Waals surface area contributed by atoms with Crippen LogP contribution in [0.2, 0.25) is 0 Å². The largest absolute Gasteiger partial charge is 0.469 e. The van der Waals surface area contributed by atoms with E-state index in [9.17, 15) is 14.8 Å². The number of aliphatic hydroxyl groups excluding tert-OH is 2. The number of aliphatic imine (C=N–C) groups is 3. The van der Waals surface area contributed by atoms with E-state index in [-0.39, 0.29) is 5.84 Å². The standard InChI is InChI=1S/C10H16N5O7P/c11-8-5-9(13-2-12-8)15(3-14-5)10-7(17)6(16)4(22-10)1-21-23(18,19)20/h2-7,9-10,16-17H,1H2,(H2,11,12,13)(H2,18,19,20)/t4-,5?,6+,7-,9?,10-/m1/s1. The maximum atomic E-state index is 10.7. The quantitative estimate of drug-likeness (QED) is 0.330. The maximum absolute atomic E-state index is 10.7. The summed E-state index contributed by atoms with van der Waals surface area (Å²) in [5.74, 6) is 0.262. The van der Waals surface area contributed by atoms with Gasteiger partial charge in [0.15, 0.2) is 12.4 Å². The Balaban J connectivity index is 1.70. The van der Waals surface area contributed by atoms with Gasteiger partial charge in [-0.2, -0.15) is 0 Å². The third-order valence-corrected chi connectivity index (χ3v) is 4.20. The number of fused-ring (bicyclic) bond motifs is 1. The number of phosphoric ester groups is 1. The Hall–Kier alpha value is -1.40. The van der Waals surface area contributed by atoms with E-state index in [2.05, 4.69) is 19.5 Å². The lowest BCUT2D eigenvalue weighted by atomic mass is 10.1. The minimum absolute atomic E-state index is 0.262. The predicted molar refractivity (Wildman–Crippen MR) is 76.7 cm³/mol. The second-order valence-corrected chi connectivity index (χ2v) is 6.46. The van der Waals surface area contributed by atoms with Crippen LogP contribution >= 0.6 is 7.82 Å². The molecule has 0 aromatic carbocycles. The molecular weight excluding hydrogens is 333 g/mol. The van der Waals surface area contributed by atoms with E-state index in [4.69, 9.17) is 20.3 Å².